The summed E-state index contributed by atoms with van der Waals surface area (Å²) in [5.41, 5.74) is 9.83. The summed E-state index contributed by atoms with van der Waals surface area (Å²) in [5, 5.41) is 3.15. The lowest BCUT2D eigenvalue weighted by Gasteiger charge is -2.23. The summed E-state index contributed by atoms with van der Waals surface area (Å²) in [6, 6.07) is 10.8. The van der Waals surface area contributed by atoms with E-state index in [0.29, 0.717) is 11.5 Å². The van der Waals surface area contributed by atoms with Crippen molar-refractivity contribution >= 4 is 11.7 Å². The van der Waals surface area contributed by atoms with Crippen molar-refractivity contribution in [3.8, 4) is 23.0 Å². The minimum absolute atomic E-state index is 0.114. The quantitative estimate of drug-likeness (QED) is 0.617. The SMILES string of the molecule is CC.CC#CCN1CCC(c2ccc(-c3cnc(N)c(C(=O)NC4CCCCC4)c3)cc2)C1. The second-order valence-corrected chi connectivity index (χ2v) is 8.73. The molecule has 2 heterocycles. The van der Waals surface area contributed by atoms with Crippen LogP contribution in [0, 0.1) is 11.8 Å². The van der Waals surface area contributed by atoms with E-state index in [1.807, 2.05) is 26.8 Å². The van der Waals surface area contributed by atoms with Crippen molar-refractivity contribution in [3.63, 3.8) is 0 Å². The number of nitrogens with one attached hydrogen (secondary N) is 1. The Morgan fingerprint density at radius 2 is 1.85 bits per heavy atom. The van der Waals surface area contributed by atoms with E-state index in [4.69, 9.17) is 5.73 Å². The van der Waals surface area contributed by atoms with Gasteiger partial charge in [0.25, 0.3) is 5.91 Å². The highest BCUT2D eigenvalue weighted by Crippen LogP contribution is 2.29. The largest absolute Gasteiger partial charge is 0.383 e. The predicted molar refractivity (Wildman–Crippen MR) is 137 cm³/mol. The molecule has 3 N–H and O–H groups in total. The van der Waals surface area contributed by atoms with Crippen molar-refractivity contribution in [1.82, 2.24) is 15.2 Å². The molecule has 1 aliphatic carbocycles. The number of hydrogen-bond acceptors (Lipinski definition) is 4. The maximum Gasteiger partial charge on any atom is 0.255 e. The summed E-state index contributed by atoms with van der Waals surface area (Å²) >= 11 is 0. The number of anilines is 1. The summed E-state index contributed by atoms with van der Waals surface area (Å²) in [5.74, 6) is 6.87. The van der Waals surface area contributed by atoms with E-state index in [9.17, 15) is 4.79 Å². The lowest BCUT2D eigenvalue weighted by molar-refractivity contribution is 0.0928. The van der Waals surface area contributed by atoms with Crippen LogP contribution in [0.3, 0.4) is 0 Å². The Hall–Kier alpha value is -2.84. The molecule has 176 valence electrons. The number of nitrogens with zero attached hydrogens (tertiary/aromatic N) is 2. The van der Waals surface area contributed by atoms with E-state index in [1.54, 1.807) is 6.20 Å². The van der Waals surface area contributed by atoms with Crippen molar-refractivity contribution < 1.29 is 4.79 Å². The molecular formula is C28H38N4O. The first-order valence-electron chi connectivity index (χ1n) is 12.4. The number of carbonyl (C=O) groups is 1. The maximum absolute atomic E-state index is 12.8. The molecule has 1 atom stereocenters. The molecule has 1 unspecified atom stereocenters. The summed E-state index contributed by atoms with van der Waals surface area (Å²) in [7, 11) is 0. The Labute approximate surface area is 199 Å². The summed E-state index contributed by atoms with van der Waals surface area (Å²) < 4.78 is 0. The zero-order chi connectivity index (χ0) is 23.6. The average Bonchev–Trinajstić information content (AvgIpc) is 3.34. The number of aromatic nitrogens is 1. The first-order valence-corrected chi connectivity index (χ1v) is 12.4. The molecule has 1 aliphatic heterocycles. The highest BCUT2D eigenvalue weighted by Gasteiger charge is 2.23. The van der Waals surface area contributed by atoms with Gasteiger partial charge in [0.05, 0.1) is 12.1 Å². The number of likely N-dealkylation sites (tertiary alicyclic amines) is 1. The fourth-order valence-electron chi connectivity index (χ4n) is 4.71. The van der Waals surface area contributed by atoms with E-state index in [1.165, 1.54) is 31.2 Å². The van der Waals surface area contributed by atoms with E-state index in [-0.39, 0.29) is 17.8 Å². The molecule has 1 aromatic heterocycles. The molecule has 2 fully saturated rings. The van der Waals surface area contributed by atoms with Gasteiger partial charge in [-0.05, 0) is 55.8 Å². The fourth-order valence-corrected chi connectivity index (χ4v) is 4.71. The average molecular weight is 447 g/mol. The van der Waals surface area contributed by atoms with Gasteiger partial charge in [-0.2, -0.15) is 0 Å². The highest BCUT2D eigenvalue weighted by atomic mass is 16.1. The fraction of sp³-hybridized carbons (Fsp3) is 0.500. The Morgan fingerprint density at radius 1 is 1.12 bits per heavy atom. The number of pyridine rings is 1. The van der Waals surface area contributed by atoms with Crippen LogP contribution in [0.1, 0.15) is 81.1 Å². The van der Waals surface area contributed by atoms with Gasteiger partial charge in [-0.3, -0.25) is 9.69 Å². The van der Waals surface area contributed by atoms with Crippen molar-refractivity contribution in [3.05, 3.63) is 47.7 Å². The lowest BCUT2D eigenvalue weighted by Crippen LogP contribution is -2.36. The summed E-state index contributed by atoms with van der Waals surface area (Å²) in [4.78, 5) is 19.5. The van der Waals surface area contributed by atoms with Gasteiger partial charge < -0.3 is 11.1 Å². The van der Waals surface area contributed by atoms with Gasteiger partial charge in [0.2, 0.25) is 0 Å². The van der Waals surface area contributed by atoms with Crippen molar-refractivity contribution in [2.45, 2.75) is 71.3 Å². The van der Waals surface area contributed by atoms with E-state index in [2.05, 4.69) is 51.3 Å². The first-order chi connectivity index (χ1) is 16.1. The van der Waals surface area contributed by atoms with Gasteiger partial charge >= 0.3 is 0 Å². The number of rotatable bonds is 5. The number of benzene rings is 1. The second-order valence-electron chi connectivity index (χ2n) is 8.73. The maximum atomic E-state index is 12.8. The molecule has 1 amide bonds. The van der Waals surface area contributed by atoms with Gasteiger partial charge in [-0.1, -0.05) is 63.3 Å². The van der Waals surface area contributed by atoms with Gasteiger partial charge in [0.15, 0.2) is 0 Å². The van der Waals surface area contributed by atoms with Crippen molar-refractivity contribution in [1.29, 1.82) is 0 Å². The minimum atomic E-state index is -0.114. The van der Waals surface area contributed by atoms with Gasteiger partial charge in [0, 0.05) is 24.3 Å². The smallest absolute Gasteiger partial charge is 0.255 e. The molecule has 2 aliphatic rings. The standard InChI is InChI=1S/C26H32N4O.C2H6/c1-2-3-14-30-15-13-21(18-30)19-9-11-20(12-10-19)22-16-24(25(27)28-17-22)26(31)29-23-7-5-4-6-8-23;1-2/h9-12,16-17,21,23H,4-8,13-15,18H2,1H3,(H2,27,28)(H,29,31);1-2H3. The summed E-state index contributed by atoms with van der Waals surface area (Å²) in [6.45, 7) is 8.91. The van der Waals surface area contributed by atoms with Crippen LogP contribution in [0.15, 0.2) is 36.5 Å². The molecule has 5 heteroatoms. The first kappa shape index (κ1) is 24.8. The molecular weight excluding hydrogens is 408 g/mol. The third-order valence-electron chi connectivity index (χ3n) is 6.57. The third kappa shape index (κ3) is 6.58. The molecule has 2 aromatic rings. The van der Waals surface area contributed by atoms with Crippen LogP contribution >= 0.6 is 0 Å². The van der Waals surface area contributed by atoms with Gasteiger partial charge in [-0.15, -0.1) is 5.92 Å². The van der Waals surface area contributed by atoms with Crippen LogP contribution in [-0.2, 0) is 0 Å². The van der Waals surface area contributed by atoms with Crippen molar-refractivity contribution in [2.75, 3.05) is 25.4 Å². The van der Waals surface area contributed by atoms with E-state index >= 15 is 0 Å². The van der Waals surface area contributed by atoms with Crippen LogP contribution in [0.4, 0.5) is 5.82 Å². The molecule has 33 heavy (non-hydrogen) atoms. The third-order valence-corrected chi connectivity index (χ3v) is 6.57. The molecule has 1 aromatic carbocycles. The zero-order valence-corrected chi connectivity index (χ0v) is 20.4. The number of hydrogen-bond donors (Lipinski definition) is 2. The molecule has 4 rings (SSSR count). The normalized spacial score (nSPS) is 18.6. The minimum Gasteiger partial charge on any atom is -0.383 e. The van der Waals surface area contributed by atoms with E-state index < -0.39 is 0 Å². The van der Waals surface area contributed by atoms with Crippen LogP contribution in [0.5, 0.6) is 0 Å². The van der Waals surface area contributed by atoms with Crippen LogP contribution < -0.4 is 11.1 Å². The Bertz CT molecular complexity index is 968. The van der Waals surface area contributed by atoms with Gasteiger partial charge in [0.1, 0.15) is 5.82 Å². The predicted octanol–water partition coefficient (Wildman–Crippen LogP) is 5.23. The Kier molecular flexibility index (Phi) is 9.33. The second kappa shape index (κ2) is 12.4. The van der Waals surface area contributed by atoms with Gasteiger partial charge in [-0.25, -0.2) is 4.98 Å². The summed E-state index contributed by atoms with van der Waals surface area (Å²) in [6.07, 6.45) is 8.62. The van der Waals surface area contributed by atoms with Crippen LogP contribution in [0.25, 0.3) is 11.1 Å². The van der Waals surface area contributed by atoms with Crippen LogP contribution in [-0.4, -0.2) is 41.5 Å². The van der Waals surface area contributed by atoms with Crippen LogP contribution in [0.2, 0.25) is 0 Å². The molecule has 0 radical (unpaired) electrons. The molecule has 0 spiro atoms. The molecule has 1 saturated heterocycles. The number of nitrogens with two attached hydrogens (primary N) is 1. The number of nitrogen functional groups attached to an aromatic ring is 1. The molecule has 0 bridgehead atoms. The lowest BCUT2D eigenvalue weighted by atomic mass is 9.95. The Balaban J connectivity index is 0.00000149. The number of carbonyl (C=O) groups excluding carboxylic acids is 1. The highest BCUT2D eigenvalue weighted by molar-refractivity contribution is 5.99. The van der Waals surface area contributed by atoms with Crippen molar-refractivity contribution in [2.24, 2.45) is 0 Å². The number of amides is 1. The topological polar surface area (TPSA) is 71.2 Å². The monoisotopic (exact) mass is 446 g/mol. The molecule has 1 saturated carbocycles. The zero-order valence-electron chi connectivity index (χ0n) is 20.4. The molecule has 5 nitrogen and oxygen atoms in total. The Morgan fingerprint density at radius 3 is 2.55 bits per heavy atom. The van der Waals surface area contributed by atoms with E-state index in [0.717, 1.165) is 43.6 Å².